The van der Waals surface area contributed by atoms with E-state index in [4.69, 9.17) is 40.1 Å². The van der Waals surface area contributed by atoms with E-state index in [1.54, 1.807) is 18.2 Å². The maximum Gasteiger partial charge on any atom is 0.101 e. The van der Waals surface area contributed by atoms with Crippen LogP contribution in [0.25, 0.3) is 0 Å². The summed E-state index contributed by atoms with van der Waals surface area (Å²) in [6.07, 6.45) is 0. The molecule has 0 unspecified atom stereocenters. The van der Waals surface area contributed by atoms with Crippen LogP contribution in [0.15, 0.2) is 36.4 Å². The van der Waals surface area contributed by atoms with E-state index in [-0.39, 0.29) is 0 Å². The van der Waals surface area contributed by atoms with Crippen LogP contribution in [-0.2, 0) is 6.54 Å². The molecule has 2 nitrogen and oxygen atoms in total. The number of nitriles is 1. The normalized spacial score (nSPS) is 10.0. The van der Waals surface area contributed by atoms with Crippen molar-refractivity contribution in [3.63, 3.8) is 0 Å². The highest BCUT2D eigenvalue weighted by Gasteiger charge is 2.10. The van der Waals surface area contributed by atoms with E-state index in [1.807, 2.05) is 18.2 Å². The van der Waals surface area contributed by atoms with Crippen LogP contribution in [0.3, 0.4) is 0 Å². The smallest absolute Gasteiger partial charge is 0.101 e. The topological polar surface area (TPSA) is 35.8 Å². The summed E-state index contributed by atoms with van der Waals surface area (Å²) in [4.78, 5) is 0. The Balaban J connectivity index is 2.25. The van der Waals surface area contributed by atoms with Crippen LogP contribution in [0.2, 0.25) is 15.1 Å². The third-order valence-electron chi connectivity index (χ3n) is 2.64. The van der Waals surface area contributed by atoms with Crippen molar-refractivity contribution in [3.8, 4) is 6.07 Å². The number of hydrogen-bond donors (Lipinski definition) is 1. The second-order valence-electron chi connectivity index (χ2n) is 3.83. The highest BCUT2D eigenvalue weighted by atomic mass is 35.5. The number of hydrogen-bond acceptors (Lipinski definition) is 2. The van der Waals surface area contributed by atoms with Gasteiger partial charge in [-0.3, -0.25) is 0 Å². The minimum absolute atomic E-state index is 0.400. The first kappa shape index (κ1) is 14.0. The molecule has 96 valence electrons. The Labute approximate surface area is 126 Å². The molecule has 5 heteroatoms. The summed E-state index contributed by atoms with van der Waals surface area (Å²) >= 11 is 18.2. The summed E-state index contributed by atoms with van der Waals surface area (Å²) in [5.74, 6) is 0. The van der Waals surface area contributed by atoms with E-state index in [1.165, 1.54) is 0 Å². The first-order valence-corrected chi connectivity index (χ1v) is 6.62. The predicted octanol–water partition coefficient (Wildman–Crippen LogP) is 5.13. The van der Waals surface area contributed by atoms with E-state index < -0.39 is 0 Å². The van der Waals surface area contributed by atoms with Crippen molar-refractivity contribution in [2.45, 2.75) is 6.54 Å². The molecule has 0 saturated heterocycles. The molecule has 19 heavy (non-hydrogen) atoms. The van der Waals surface area contributed by atoms with Gasteiger partial charge in [0.05, 0.1) is 21.3 Å². The van der Waals surface area contributed by atoms with Gasteiger partial charge in [0.15, 0.2) is 0 Å². The van der Waals surface area contributed by atoms with Crippen LogP contribution < -0.4 is 5.32 Å². The second-order valence-corrected chi connectivity index (χ2v) is 5.03. The third-order valence-corrected chi connectivity index (χ3v) is 3.84. The fourth-order valence-corrected chi connectivity index (χ4v) is 2.33. The van der Waals surface area contributed by atoms with E-state index in [0.29, 0.717) is 32.7 Å². The van der Waals surface area contributed by atoms with Crippen molar-refractivity contribution in [2.75, 3.05) is 5.32 Å². The predicted molar refractivity (Wildman–Crippen MR) is 80.0 cm³/mol. The average Bonchev–Trinajstić information content (AvgIpc) is 2.43. The molecule has 2 rings (SSSR count). The number of halogens is 3. The van der Waals surface area contributed by atoms with E-state index in [0.717, 1.165) is 5.69 Å². The van der Waals surface area contributed by atoms with Crippen molar-refractivity contribution < 1.29 is 0 Å². The Morgan fingerprint density at radius 1 is 1.00 bits per heavy atom. The van der Waals surface area contributed by atoms with Gasteiger partial charge in [0, 0.05) is 17.1 Å². The fraction of sp³-hybridized carbons (Fsp3) is 0.0714. The monoisotopic (exact) mass is 310 g/mol. The molecule has 0 amide bonds. The molecule has 0 aliphatic carbocycles. The Hall–Kier alpha value is -1.40. The number of nitrogens with zero attached hydrogens (tertiary/aromatic N) is 1. The molecule has 0 fully saturated rings. The van der Waals surface area contributed by atoms with Gasteiger partial charge in [-0.1, -0.05) is 46.9 Å². The van der Waals surface area contributed by atoms with Crippen molar-refractivity contribution >= 4 is 40.5 Å². The molecule has 2 aromatic rings. The Morgan fingerprint density at radius 3 is 2.42 bits per heavy atom. The van der Waals surface area contributed by atoms with E-state index in [2.05, 4.69) is 11.4 Å². The largest absolute Gasteiger partial charge is 0.380 e. The van der Waals surface area contributed by atoms with Gasteiger partial charge in [-0.15, -0.1) is 0 Å². The SMILES string of the molecule is N#Cc1ccccc1NCc1c(Cl)ccc(Cl)c1Cl. The van der Waals surface area contributed by atoms with Gasteiger partial charge in [-0.25, -0.2) is 0 Å². The maximum absolute atomic E-state index is 9.01. The molecule has 0 heterocycles. The first-order valence-electron chi connectivity index (χ1n) is 5.49. The van der Waals surface area contributed by atoms with Crippen LogP contribution in [0.5, 0.6) is 0 Å². The third kappa shape index (κ3) is 3.13. The number of anilines is 1. The van der Waals surface area contributed by atoms with Crippen molar-refractivity contribution in [2.24, 2.45) is 0 Å². The number of rotatable bonds is 3. The highest BCUT2D eigenvalue weighted by molar-refractivity contribution is 6.44. The Kier molecular flexibility index (Phi) is 4.55. The molecule has 2 aromatic carbocycles. The first-order chi connectivity index (χ1) is 9.13. The molecule has 0 aliphatic heterocycles. The number of nitrogens with one attached hydrogen (secondary N) is 1. The fourth-order valence-electron chi connectivity index (χ4n) is 1.65. The van der Waals surface area contributed by atoms with Gasteiger partial charge < -0.3 is 5.32 Å². The number of benzene rings is 2. The highest BCUT2D eigenvalue weighted by Crippen LogP contribution is 2.32. The summed E-state index contributed by atoms with van der Waals surface area (Å²) in [6, 6.07) is 12.7. The molecule has 0 aliphatic rings. The Morgan fingerprint density at radius 2 is 1.68 bits per heavy atom. The zero-order chi connectivity index (χ0) is 13.8. The van der Waals surface area contributed by atoms with Gasteiger partial charge >= 0.3 is 0 Å². The van der Waals surface area contributed by atoms with E-state index >= 15 is 0 Å². The summed E-state index contributed by atoms with van der Waals surface area (Å²) in [6.45, 7) is 0.400. The minimum atomic E-state index is 0.400. The molecule has 0 atom stereocenters. The maximum atomic E-state index is 9.01. The summed E-state index contributed by atoms with van der Waals surface area (Å²) in [5, 5.41) is 13.6. The van der Waals surface area contributed by atoms with Crippen molar-refractivity contribution in [1.82, 2.24) is 0 Å². The standard InChI is InChI=1S/C14H9Cl3N2/c15-11-5-6-12(16)14(17)10(11)8-19-13-4-2-1-3-9(13)7-18/h1-6,19H,8H2. The zero-order valence-electron chi connectivity index (χ0n) is 9.75. The quantitative estimate of drug-likeness (QED) is 0.798. The molecule has 0 aromatic heterocycles. The lowest BCUT2D eigenvalue weighted by molar-refractivity contribution is 1.15. The second kappa shape index (κ2) is 6.16. The molecule has 0 bridgehead atoms. The number of para-hydroxylation sites is 1. The lowest BCUT2D eigenvalue weighted by Gasteiger charge is -2.11. The lowest BCUT2D eigenvalue weighted by atomic mass is 10.1. The van der Waals surface area contributed by atoms with Gasteiger partial charge in [0.25, 0.3) is 0 Å². The summed E-state index contributed by atoms with van der Waals surface area (Å²) in [7, 11) is 0. The van der Waals surface area contributed by atoms with Crippen LogP contribution in [0.4, 0.5) is 5.69 Å². The van der Waals surface area contributed by atoms with Gasteiger partial charge in [-0.2, -0.15) is 5.26 Å². The molecule has 1 N–H and O–H groups in total. The summed E-state index contributed by atoms with van der Waals surface area (Å²) in [5.41, 5.74) is 2.01. The molecule has 0 radical (unpaired) electrons. The van der Waals surface area contributed by atoms with Crippen LogP contribution in [0, 0.1) is 11.3 Å². The average molecular weight is 312 g/mol. The van der Waals surface area contributed by atoms with Crippen LogP contribution in [0.1, 0.15) is 11.1 Å². The minimum Gasteiger partial charge on any atom is -0.380 e. The molecule has 0 saturated carbocycles. The zero-order valence-corrected chi connectivity index (χ0v) is 12.0. The van der Waals surface area contributed by atoms with Crippen LogP contribution in [-0.4, -0.2) is 0 Å². The summed E-state index contributed by atoms with van der Waals surface area (Å²) < 4.78 is 0. The van der Waals surface area contributed by atoms with Gasteiger partial charge in [0.1, 0.15) is 6.07 Å². The lowest BCUT2D eigenvalue weighted by Crippen LogP contribution is -2.02. The van der Waals surface area contributed by atoms with E-state index in [9.17, 15) is 0 Å². The van der Waals surface area contributed by atoms with Crippen LogP contribution >= 0.6 is 34.8 Å². The molecular weight excluding hydrogens is 303 g/mol. The van der Waals surface area contributed by atoms with Crippen molar-refractivity contribution in [1.29, 1.82) is 5.26 Å². The Bertz CT molecular complexity index is 648. The van der Waals surface area contributed by atoms with Crippen molar-refractivity contribution in [3.05, 3.63) is 62.6 Å². The van der Waals surface area contributed by atoms with Gasteiger partial charge in [-0.05, 0) is 24.3 Å². The molecular formula is C14H9Cl3N2. The van der Waals surface area contributed by atoms with Gasteiger partial charge in [0.2, 0.25) is 0 Å². The molecule has 0 spiro atoms.